The number of nitrogens with zero attached hydrogens (tertiary/aromatic N) is 1. The maximum absolute atomic E-state index is 10.8. The Kier molecular flexibility index (Phi) is 2.22. The van der Waals surface area contributed by atoms with E-state index >= 15 is 0 Å². The Hall–Kier alpha value is -0.930. The van der Waals surface area contributed by atoms with Crippen molar-refractivity contribution in [3.63, 3.8) is 0 Å². The van der Waals surface area contributed by atoms with E-state index in [9.17, 15) is 14.9 Å². The molecule has 0 radical (unpaired) electrons. The number of hydrogen-bond acceptors (Lipinski definition) is 3. The molecule has 11 heavy (non-hydrogen) atoms. The Morgan fingerprint density at radius 1 is 1.73 bits per heavy atom. The minimum absolute atomic E-state index is 0.0162. The van der Waals surface area contributed by atoms with Crippen LogP contribution in [0.4, 0.5) is 0 Å². The highest BCUT2D eigenvalue weighted by Crippen LogP contribution is 2.26. The number of rotatable bonds is 2. The molecule has 1 rings (SSSR count). The van der Waals surface area contributed by atoms with Crippen LogP contribution >= 0.6 is 0 Å². The number of nitro groups is 1. The highest BCUT2D eigenvalue weighted by Gasteiger charge is 2.33. The van der Waals surface area contributed by atoms with Crippen molar-refractivity contribution in [2.24, 2.45) is 5.92 Å². The van der Waals surface area contributed by atoms with E-state index in [1.165, 1.54) is 0 Å². The lowest BCUT2D eigenvalue weighted by Crippen LogP contribution is -2.23. The van der Waals surface area contributed by atoms with Crippen molar-refractivity contribution in [3.05, 3.63) is 10.1 Å². The molecule has 4 nitrogen and oxygen atoms in total. The number of ketones is 1. The van der Waals surface area contributed by atoms with Gasteiger partial charge in [0.15, 0.2) is 0 Å². The van der Waals surface area contributed by atoms with Gasteiger partial charge in [0.05, 0.1) is 0 Å². The Labute approximate surface area is 64.7 Å². The lowest BCUT2D eigenvalue weighted by Gasteiger charge is -2.08. The smallest absolute Gasteiger partial charge is 0.213 e. The summed E-state index contributed by atoms with van der Waals surface area (Å²) in [5.74, 6) is 0.154. The SMILES string of the molecule is CC([C@H]1CCC(=O)C1)[N+](=O)[O-]. The summed E-state index contributed by atoms with van der Waals surface area (Å²) in [6, 6.07) is -0.554. The first-order valence-corrected chi connectivity index (χ1v) is 3.76. The topological polar surface area (TPSA) is 60.2 Å². The van der Waals surface area contributed by atoms with Crippen LogP contribution in [0.3, 0.4) is 0 Å². The number of hydrogen-bond donors (Lipinski definition) is 0. The van der Waals surface area contributed by atoms with Crippen molar-refractivity contribution in [1.82, 2.24) is 0 Å². The summed E-state index contributed by atoms with van der Waals surface area (Å²) in [6.45, 7) is 1.57. The van der Waals surface area contributed by atoms with Crippen molar-refractivity contribution in [1.29, 1.82) is 0 Å². The lowest BCUT2D eigenvalue weighted by atomic mass is 10.0. The molecule has 0 saturated heterocycles. The highest BCUT2D eigenvalue weighted by molar-refractivity contribution is 5.80. The van der Waals surface area contributed by atoms with Crippen molar-refractivity contribution in [2.45, 2.75) is 32.2 Å². The number of Topliss-reactive ketones (excluding diaryl/α,β-unsaturated/α-hetero) is 1. The molecular formula is C7H11NO3. The largest absolute Gasteiger partial charge is 0.300 e. The quantitative estimate of drug-likeness (QED) is 0.444. The van der Waals surface area contributed by atoms with Gasteiger partial charge in [-0.3, -0.25) is 14.9 Å². The molecule has 1 unspecified atom stereocenters. The fourth-order valence-corrected chi connectivity index (χ4v) is 1.43. The van der Waals surface area contributed by atoms with Gasteiger partial charge in [0.1, 0.15) is 5.78 Å². The standard InChI is InChI=1S/C7H11NO3/c1-5(8(10)11)6-2-3-7(9)4-6/h5-6H,2-4H2,1H3/t5?,6-/m0/s1. The van der Waals surface area contributed by atoms with Crippen molar-refractivity contribution in [2.75, 3.05) is 0 Å². The van der Waals surface area contributed by atoms with Crippen LogP contribution in [0.25, 0.3) is 0 Å². The fourth-order valence-electron chi connectivity index (χ4n) is 1.43. The molecule has 1 fully saturated rings. The van der Waals surface area contributed by atoms with Crippen LogP contribution in [-0.4, -0.2) is 16.7 Å². The zero-order chi connectivity index (χ0) is 8.43. The van der Waals surface area contributed by atoms with Gasteiger partial charge in [-0.25, -0.2) is 0 Å². The first-order chi connectivity index (χ1) is 5.11. The monoisotopic (exact) mass is 157 g/mol. The van der Waals surface area contributed by atoms with Gasteiger partial charge >= 0.3 is 0 Å². The molecule has 0 aromatic carbocycles. The first kappa shape index (κ1) is 8.17. The van der Waals surface area contributed by atoms with Crippen LogP contribution in [0.2, 0.25) is 0 Å². The molecule has 1 aliphatic rings. The third kappa shape index (κ3) is 1.76. The molecule has 0 bridgehead atoms. The van der Waals surface area contributed by atoms with E-state index in [2.05, 4.69) is 0 Å². The van der Waals surface area contributed by atoms with Crippen LogP contribution in [0, 0.1) is 16.0 Å². The third-order valence-electron chi connectivity index (χ3n) is 2.30. The van der Waals surface area contributed by atoms with Crippen molar-refractivity contribution < 1.29 is 9.72 Å². The summed E-state index contributed by atoms with van der Waals surface area (Å²) < 4.78 is 0. The first-order valence-electron chi connectivity index (χ1n) is 3.76. The molecule has 0 heterocycles. The Morgan fingerprint density at radius 2 is 2.36 bits per heavy atom. The molecular weight excluding hydrogens is 146 g/mol. The maximum atomic E-state index is 10.8. The van der Waals surface area contributed by atoms with E-state index in [1.807, 2.05) is 0 Å². The molecule has 0 amide bonds. The van der Waals surface area contributed by atoms with Crippen LogP contribution in [0.1, 0.15) is 26.2 Å². The van der Waals surface area contributed by atoms with Gasteiger partial charge in [-0.2, -0.15) is 0 Å². The summed E-state index contributed by atoms with van der Waals surface area (Å²) in [4.78, 5) is 20.7. The molecule has 0 aromatic rings. The highest BCUT2D eigenvalue weighted by atomic mass is 16.6. The Bertz CT molecular complexity index is 190. The minimum atomic E-state index is -0.554. The Morgan fingerprint density at radius 3 is 2.73 bits per heavy atom. The van der Waals surface area contributed by atoms with Gasteiger partial charge < -0.3 is 0 Å². The van der Waals surface area contributed by atoms with E-state index in [4.69, 9.17) is 0 Å². The zero-order valence-electron chi connectivity index (χ0n) is 6.45. The average molecular weight is 157 g/mol. The van der Waals surface area contributed by atoms with Gasteiger partial charge in [-0.1, -0.05) is 0 Å². The van der Waals surface area contributed by atoms with E-state index in [0.29, 0.717) is 19.3 Å². The van der Waals surface area contributed by atoms with E-state index < -0.39 is 6.04 Å². The molecule has 0 spiro atoms. The second-order valence-corrected chi connectivity index (χ2v) is 3.07. The van der Waals surface area contributed by atoms with Gasteiger partial charge in [-0.15, -0.1) is 0 Å². The molecule has 1 saturated carbocycles. The minimum Gasteiger partial charge on any atom is -0.300 e. The zero-order valence-corrected chi connectivity index (χ0v) is 6.45. The van der Waals surface area contributed by atoms with Crippen LogP contribution in [0.5, 0.6) is 0 Å². The summed E-state index contributed by atoms with van der Waals surface area (Å²) in [5, 5.41) is 10.3. The van der Waals surface area contributed by atoms with Crippen molar-refractivity contribution >= 4 is 5.78 Å². The van der Waals surface area contributed by atoms with Gasteiger partial charge in [0.2, 0.25) is 6.04 Å². The van der Waals surface area contributed by atoms with Gasteiger partial charge in [-0.05, 0) is 6.42 Å². The summed E-state index contributed by atoms with van der Waals surface area (Å²) in [6.07, 6.45) is 1.63. The lowest BCUT2D eigenvalue weighted by molar-refractivity contribution is -0.527. The summed E-state index contributed by atoms with van der Waals surface area (Å²) in [5.41, 5.74) is 0. The second-order valence-electron chi connectivity index (χ2n) is 3.07. The van der Waals surface area contributed by atoms with Crippen LogP contribution in [0.15, 0.2) is 0 Å². The van der Waals surface area contributed by atoms with Crippen LogP contribution in [-0.2, 0) is 4.79 Å². The third-order valence-corrected chi connectivity index (χ3v) is 2.30. The molecule has 62 valence electrons. The van der Waals surface area contributed by atoms with Crippen LogP contribution < -0.4 is 0 Å². The van der Waals surface area contributed by atoms with E-state index in [1.54, 1.807) is 6.92 Å². The predicted molar refractivity (Wildman–Crippen MR) is 38.8 cm³/mol. The normalized spacial score (nSPS) is 27.0. The molecule has 0 N–H and O–H groups in total. The molecule has 0 aromatic heterocycles. The second kappa shape index (κ2) is 2.98. The summed E-state index contributed by atoms with van der Waals surface area (Å²) in [7, 11) is 0. The number of carbonyl (C=O) groups is 1. The Balaban J connectivity index is 2.49. The number of carbonyl (C=O) groups excluding carboxylic acids is 1. The molecule has 0 aliphatic heterocycles. The molecule has 1 aliphatic carbocycles. The molecule has 2 atom stereocenters. The molecule has 4 heteroatoms. The fraction of sp³-hybridized carbons (Fsp3) is 0.857. The van der Waals surface area contributed by atoms with E-state index in [-0.39, 0.29) is 16.6 Å². The summed E-state index contributed by atoms with van der Waals surface area (Å²) >= 11 is 0. The average Bonchev–Trinajstić information content (AvgIpc) is 2.34. The van der Waals surface area contributed by atoms with Crippen molar-refractivity contribution in [3.8, 4) is 0 Å². The van der Waals surface area contributed by atoms with Gasteiger partial charge in [0.25, 0.3) is 0 Å². The predicted octanol–water partition coefficient (Wildman–Crippen LogP) is 1.02. The van der Waals surface area contributed by atoms with Gasteiger partial charge in [0, 0.05) is 30.6 Å². The maximum Gasteiger partial charge on any atom is 0.213 e. The van der Waals surface area contributed by atoms with E-state index in [0.717, 1.165) is 0 Å².